The first-order valence-corrected chi connectivity index (χ1v) is 14.4. The normalized spacial score (nSPS) is 22.1. The predicted octanol–water partition coefficient (Wildman–Crippen LogP) is 4.32. The molecular weight excluding hydrogens is 558 g/mol. The van der Waals surface area contributed by atoms with Crippen molar-refractivity contribution in [3.8, 4) is 0 Å². The van der Waals surface area contributed by atoms with Crippen molar-refractivity contribution in [3.63, 3.8) is 0 Å². The number of thioether (sulfide) groups is 1. The van der Waals surface area contributed by atoms with Crippen LogP contribution in [0.5, 0.6) is 0 Å². The summed E-state index contributed by atoms with van der Waals surface area (Å²) in [6, 6.07) is 3.03. The van der Waals surface area contributed by atoms with E-state index in [0.717, 1.165) is 0 Å². The van der Waals surface area contributed by atoms with Gasteiger partial charge in [-0.25, -0.2) is 18.6 Å². The Kier molecular flexibility index (Phi) is 9.74. The molecule has 1 saturated heterocycles. The number of esters is 1. The van der Waals surface area contributed by atoms with Crippen LogP contribution in [-0.4, -0.2) is 76.7 Å². The van der Waals surface area contributed by atoms with E-state index in [2.05, 4.69) is 10.3 Å². The first-order valence-electron chi connectivity index (χ1n) is 12.0. The molecule has 2 aromatic rings. The second-order valence-electron chi connectivity index (χ2n) is 8.83. The number of nitrogens with one attached hydrogen (secondary N) is 1. The molecule has 0 saturated carbocycles. The summed E-state index contributed by atoms with van der Waals surface area (Å²) in [5.74, 6) is -1.48. The van der Waals surface area contributed by atoms with Gasteiger partial charge in [0.05, 0.1) is 17.9 Å². The van der Waals surface area contributed by atoms with Gasteiger partial charge >= 0.3 is 11.9 Å². The van der Waals surface area contributed by atoms with E-state index in [0.29, 0.717) is 40.8 Å². The van der Waals surface area contributed by atoms with E-state index in [1.807, 2.05) is 4.90 Å². The molecule has 0 bridgehead atoms. The van der Waals surface area contributed by atoms with Gasteiger partial charge in [0.2, 0.25) is 0 Å². The maximum atomic E-state index is 15.1. The quantitative estimate of drug-likeness (QED) is 0.398. The number of alkyl halides is 1. The van der Waals surface area contributed by atoms with E-state index in [1.165, 1.54) is 41.3 Å². The molecule has 0 aliphatic carbocycles. The van der Waals surface area contributed by atoms with Crippen molar-refractivity contribution in [2.45, 2.75) is 25.6 Å². The predicted molar refractivity (Wildman–Crippen MR) is 144 cm³/mol. The highest BCUT2D eigenvalue weighted by Crippen LogP contribution is 2.37. The third-order valence-electron chi connectivity index (χ3n) is 6.21. The fraction of sp³-hybridized carbons (Fsp3) is 0.440. The number of thiazole rings is 1. The van der Waals surface area contributed by atoms with Gasteiger partial charge in [-0.15, -0.1) is 23.1 Å². The van der Waals surface area contributed by atoms with E-state index in [1.54, 1.807) is 18.5 Å². The molecule has 13 heteroatoms. The number of hydrogen-bond donors (Lipinski definition) is 2. The van der Waals surface area contributed by atoms with Gasteiger partial charge in [-0.05, 0) is 37.8 Å². The summed E-state index contributed by atoms with van der Waals surface area (Å²) < 4.78 is 34.3. The van der Waals surface area contributed by atoms with Gasteiger partial charge < -0.3 is 15.2 Å². The second kappa shape index (κ2) is 13.0. The van der Waals surface area contributed by atoms with Crippen molar-refractivity contribution < 1.29 is 28.2 Å². The third-order valence-corrected chi connectivity index (χ3v) is 8.43. The van der Waals surface area contributed by atoms with Crippen molar-refractivity contribution in [3.05, 3.63) is 62.5 Å². The molecule has 2 N–H and O–H groups in total. The van der Waals surface area contributed by atoms with E-state index >= 15 is 4.39 Å². The van der Waals surface area contributed by atoms with Crippen LogP contribution in [0.2, 0.25) is 5.02 Å². The van der Waals surface area contributed by atoms with E-state index in [-0.39, 0.29) is 42.0 Å². The van der Waals surface area contributed by atoms with Gasteiger partial charge in [0.25, 0.3) is 0 Å². The summed E-state index contributed by atoms with van der Waals surface area (Å²) in [4.78, 5) is 35.0. The molecular formula is C25H27ClF2N4O4S2. The number of carboxylic acids is 1. The van der Waals surface area contributed by atoms with Crippen LogP contribution in [0.4, 0.5) is 8.78 Å². The number of halogens is 3. The Morgan fingerprint density at radius 3 is 2.87 bits per heavy atom. The molecule has 38 heavy (non-hydrogen) atoms. The highest BCUT2D eigenvalue weighted by molar-refractivity contribution is 7.99. The molecule has 2 aliphatic heterocycles. The van der Waals surface area contributed by atoms with Crippen LogP contribution >= 0.6 is 34.7 Å². The second-order valence-corrected chi connectivity index (χ2v) is 11.2. The smallest absolute Gasteiger partial charge is 0.338 e. The number of hydrogen-bond acceptors (Lipinski definition) is 9. The van der Waals surface area contributed by atoms with Crippen molar-refractivity contribution >= 4 is 52.5 Å². The summed E-state index contributed by atoms with van der Waals surface area (Å²) in [5.41, 5.74) is 1.14. The minimum Gasteiger partial charge on any atom is -0.481 e. The fourth-order valence-electron chi connectivity index (χ4n) is 4.44. The van der Waals surface area contributed by atoms with Crippen LogP contribution in [0.3, 0.4) is 0 Å². The molecule has 8 nitrogen and oxygen atoms in total. The van der Waals surface area contributed by atoms with E-state index in [4.69, 9.17) is 26.4 Å². The number of nitrogens with zero attached hydrogens (tertiary/aromatic N) is 3. The maximum absolute atomic E-state index is 15.1. The topological polar surface area (TPSA) is 104 Å². The summed E-state index contributed by atoms with van der Waals surface area (Å²) in [5, 5.41) is 14.6. The number of aromatic nitrogens is 1. The Hall–Kier alpha value is -2.54. The molecule has 4 rings (SSSR count). The molecule has 3 atom stereocenters. The lowest BCUT2D eigenvalue weighted by Crippen LogP contribution is -2.46. The maximum Gasteiger partial charge on any atom is 0.338 e. The minimum atomic E-state index is -1.14. The molecule has 3 heterocycles. The lowest BCUT2D eigenvalue weighted by molar-refractivity contribution is -0.139. The van der Waals surface area contributed by atoms with Crippen molar-refractivity contribution in [1.29, 1.82) is 0 Å². The zero-order chi connectivity index (χ0) is 27.2. The first-order chi connectivity index (χ1) is 18.3. The van der Waals surface area contributed by atoms with Gasteiger partial charge in [0, 0.05) is 46.9 Å². The Bertz CT molecular complexity index is 1230. The molecule has 1 aromatic heterocycles. The van der Waals surface area contributed by atoms with E-state index in [9.17, 15) is 14.0 Å². The minimum absolute atomic E-state index is 0.0567. The van der Waals surface area contributed by atoms with Crippen LogP contribution < -0.4 is 5.32 Å². The Morgan fingerprint density at radius 1 is 1.39 bits per heavy atom. The number of benzene rings is 1. The number of ether oxygens (including phenoxy) is 1. The highest BCUT2D eigenvalue weighted by Gasteiger charge is 2.36. The molecule has 0 radical (unpaired) electrons. The van der Waals surface area contributed by atoms with Gasteiger partial charge in [0.1, 0.15) is 18.0 Å². The zero-order valence-electron chi connectivity index (χ0n) is 20.5. The fourth-order valence-corrected chi connectivity index (χ4v) is 6.26. The molecule has 3 unspecified atom stereocenters. The number of likely N-dealkylation sites (tertiary alicyclic amines) is 1. The van der Waals surface area contributed by atoms with E-state index < -0.39 is 30.0 Å². The van der Waals surface area contributed by atoms with Crippen molar-refractivity contribution in [2.24, 2.45) is 10.9 Å². The highest BCUT2D eigenvalue weighted by atomic mass is 35.5. The average Bonchev–Trinajstić information content (AvgIpc) is 3.40. The number of carbonyl (C=O) groups excluding carboxylic acids is 1. The SMILES string of the molecule is CCOC(=O)C1=C(CN2CCC(CSCC(=O)O)C(F)C2)NC(c2nccs2)=NC1c1ccc(F)cc1Cl. The lowest BCUT2D eigenvalue weighted by atomic mass is 9.93. The molecule has 0 spiro atoms. The Morgan fingerprint density at radius 2 is 2.21 bits per heavy atom. The van der Waals surface area contributed by atoms with Crippen LogP contribution in [0.15, 0.2) is 46.0 Å². The molecule has 0 amide bonds. The van der Waals surface area contributed by atoms with Gasteiger partial charge in [-0.3, -0.25) is 14.7 Å². The van der Waals surface area contributed by atoms with Crippen molar-refractivity contribution in [2.75, 3.05) is 37.7 Å². The van der Waals surface area contributed by atoms with Crippen molar-refractivity contribution in [1.82, 2.24) is 15.2 Å². The molecule has 1 fully saturated rings. The molecule has 1 aromatic carbocycles. The number of rotatable bonds is 10. The number of carboxylic acid groups (broad SMARTS) is 1. The monoisotopic (exact) mass is 584 g/mol. The van der Waals surface area contributed by atoms with Gasteiger partial charge in [0.15, 0.2) is 10.8 Å². The number of amidine groups is 1. The number of piperidine rings is 1. The van der Waals surface area contributed by atoms with Crippen LogP contribution in [0, 0.1) is 11.7 Å². The Balaban J connectivity index is 1.64. The third kappa shape index (κ3) is 6.90. The zero-order valence-corrected chi connectivity index (χ0v) is 22.9. The van der Waals surface area contributed by atoms with Crippen LogP contribution in [0.1, 0.15) is 30.0 Å². The lowest BCUT2D eigenvalue weighted by Gasteiger charge is -2.36. The summed E-state index contributed by atoms with van der Waals surface area (Å²) in [6.07, 6.45) is 1.04. The van der Waals surface area contributed by atoms with Gasteiger partial charge in [-0.2, -0.15) is 0 Å². The number of aliphatic imine (C=N–C) groups is 1. The molecule has 204 valence electrons. The average molecular weight is 585 g/mol. The summed E-state index contributed by atoms with van der Waals surface area (Å²) in [6.45, 7) is 2.73. The number of carbonyl (C=O) groups is 2. The summed E-state index contributed by atoms with van der Waals surface area (Å²) in [7, 11) is 0. The Labute approximate surface area is 232 Å². The first kappa shape index (κ1) is 28.5. The standard InChI is InChI=1S/C25H27ClF2N4O4S2/c1-2-36-25(35)21-19(11-32-7-5-14(18(28)10-32)12-37-13-20(33)34)30-23(24-29-6-8-38-24)31-22(21)16-4-3-15(27)9-17(16)26/h3-4,6,8-9,14,18,22H,2,5,7,10-13H2,1H3,(H,30,31)(H,33,34). The van der Waals surface area contributed by atoms with Gasteiger partial charge in [-0.1, -0.05) is 17.7 Å². The molecule has 2 aliphatic rings. The van der Waals surface area contributed by atoms with Crippen LogP contribution in [0.25, 0.3) is 0 Å². The largest absolute Gasteiger partial charge is 0.481 e. The number of aliphatic carboxylic acids is 1. The van der Waals surface area contributed by atoms with Crippen LogP contribution in [-0.2, 0) is 14.3 Å². The summed E-state index contributed by atoms with van der Waals surface area (Å²) >= 11 is 8.98.